The van der Waals surface area contributed by atoms with E-state index in [1.807, 2.05) is 0 Å². The van der Waals surface area contributed by atoms with Gasteiger partial charge in [-0.3, -0.25) is 0 Å². The zero-order valence-electron chi connectivity index (χ0n) is 4.40. The molecule has 0 N–H and O–H groups in total. The molecule has 0 fully saturated rings. The van der Waals surface area contributed by atoms with Gasteiger partial charge >= 0.3 is 10.6 Å². The third-order valence-electron chi connectivity index (χ3n) is 0.117. The minimum Gasteiger partial charge on any atom is -0.245 e. The monoisotopic (exact) mass is 186 g/mol. The number of rotatable bonds is 1. The molecule has 0 bridgehead atoms. The summed E-state index contributed by atoms with van der Waals surface area (Å²) < 4.78 is 67.7. The Morgan fingerprint density at radius 2 is 1.30 bits per heavy atom. The van der Waals surface area contributed by atoms with Gasteiger partial charge in [0, 0.05) is 0 Å². The molecule has 0 aromatic heterocycles. The Balaban J connectivity index is 0. The van der Waals surface area contributed by atoms with Gasteiger partial charge in [-0.2, -0.15) is 8.42 Å². The third-order valence-corrected chi connectivity index (χ3v) is 0.117. The van der Waals surface area contributed by atoms with Crippen molar-refractivity contribution in [3.05, 3.63) is 0 Å². The van der Waals surface area contributed by atoms with Crippen molar-refractivity contribution in [3.63, 3.8) is 0 Å². The van der Waals surface area contributed by atoms with E-state index in [0.717, 1.165) is 0 Å². The van der Waals surface area contributed by atoms with Crippen molar-refractivity contribution < 1.29 is 29.4 Å². The summed E-state index contributed by atoms with van der Waals surface area (Å²) in [4.78, 5) is 0. The third kappa shape index (κ3) is 129. The maximum absolute atomic E-state index is 10.4. The summed E-state index contributed by atoms with van der Waals surface area (Å²) in [5, 5.41) is 0. The lowest BCUT2D eigenvalue weighted by molar-refractivity contribution is 0.113. The van der Waals surface area contributed by atoms with E-state index in [1.54, 1.807) is 0 Å². The van der Waals surface area contributed by atoms with Crippen LogP contribution in [0.2, 0.25) is 0 Å². The highest BCUT2D eigenvalue weighted by atomic mass is 32.3. The highest BCUT2D eigenvalue weighted by molar-refractivity contribution is 7.81. The highest BCUT2D eigenvalue weighted by Crippen LogP contribution is 1.88. The maximum Gasteiger partial charge on any atom is 0.476 e. The summed E-state index contributed by atoms with van der Waals surface area (Å²) in [7, 11) is -5.67. The molecule has 0 radical (unpaired) electrons. The Morgan fingerprint density at radius 1 is 1.20 bits per heavy atom. The standard InChI is InChI=1S/C2H3F3.F2O2S/c3-1-2(4)5;1-5(2,3)4/h2H,1H2;. The van der Waals surface area contributed by atoms with Gasteiger partial charge in [0.15, 0.2) is 6.67 Å². The largest absolute Gasteiger partial charge is 0.476 e. The molecule has 8 heteroatoms. The van der Waals surface area contributed by atoms with E-state index in [0.29, 0.717) is 0 Å². The summed E-state index contributed by atoms with van der Waals surface area (Å²) >= 11 is 0. The predicted molar refractivity (Wildman–Crippen MR) is 23.1 cm³/mol. The molecule has 0 amide bonds. The second kappa shape index (κ2) is 5.39. The minimum atomic E-state index is -5.67. The first kappa shape index (κ1) is 12.3. The Labute approximate surface area is 54.2 Å². The van der Waals surface area contributed by atoms with Crippen LogP contribution in [-0.2, 0) is 10.6 Å². The maximum atomic E-state index is 10.4. The number of halogens is 5. The second-order valence-corrected chi connectivity index (χ2v) is 1.68. The van der Waals surface area contributed by atoms with Gasteiger partial charge in [0.05, 0.1) is 0 Å². The van der Waals surface area contributed by atoms with Gasteiger partial charge < -0.3 is 0 Å². The van der Waals surface area contributed by atoms with Gasteiger partial charge in [0.2, 0.25) is 0 Å². The lowest BCUT2D eigenvalue weighted by Gasteiger charge is -1.78. The van der Waals surface area contributed by atoms with Gasteiger partial charge in [-0.05, 0) is 0 Å². The van der Waals surface area contributed by atoms with Gasteiger partial charge in [0.1, 0.15) is 0 Å². The topological polar surface area (TPSA) is 34.1 Å². The van der Waals surface area contributed by atoms with Crippen LogP contribution in [0.3, 0.4) is 0 Å². The van der Waals surface area contributed by atoms with E-state index < -0.39 is 23.7 Å². The van der Waals surface area contributed by atoms with E-state index in [-0.39, 0.29) is 0 Å². The molecule has 10 heavy (non-hydrogen) atoms. The zero-order chi connectivity index (χ0) is 8.78. The Morgan fingerprint density at radius 3 is 1.30 bits per heavy atom. The number of hydrogen-bond donors (Lipinski definition) is 0. The molecule has 0 unspecified atom stereocenters. The summed E-state index contributed by atoms with van der Waals surface area (Å²) in [5.74, 6) is 0. The van der Waals surface area contributed by atoms with Crippen molar-refractivity contribution in [2.24, 2.45) is 0 Å². The van der Waals surface area contributed by atoms with Crippen LogP contribution >= 0.6 is 0 Å². The Kier molecular flexibility index (Phi) is 6.63. The van der Waals surface area contributed by atoms with Gasteiger partial charge in [-0.15, -0.1) is 0 Å². The van der Waals surface area contributed by atoms with E-state index in [2.05, 4.69) is 0 Å². The SMILES string of the molecule is FCC(F)F.O=S(=O)(F)F. The molecular weight excluding hydrogens is 183 g/mol. The molecule has 0 aliphatic rings. The fraction of sp³-hybridized carbons (Fsp3) is 1.00. The molecule has 0 rings (SSSR count). The first-order valence-electron chi connectivity index (χ1n) is 1.75. The molecule has 2 nitrogen and oxygen atoms in total. The van der Waals surface area contributed by atoms with E-state index in [9.17, 15) is 20.9 Å². The predicted octanol–water partition coefficient (Wildman–Crippen LogP) is 1.39. The molecule has 0 spiro atoms. The Hall–Kier alpha value is -0.400. The lowest BCUT2D eigenvalue weighted by Crippen LogP contribution is -1.88. The second-order valence-electron chi connectivity index (χ2n) is 0.924. The molecule has 0 atom stereocenters. The summed E-state index contributed by atoms with van der Waals surface area (Å²) in [6.45, 7) is -1.53. The van der Waals surface area contributed by atoms with Gasteiger partial charge in [-0.25, -0.2) is 13.2 Å². The Bertz CT molecular complexity index is 143. The molecule has 64 valence electrons. The van der Waals surface area contributed by atoms with Crippen LogP contribution in [0.25, 0.3) is 0 Å². The lowest BCUT2D eigenvalue weighted by atomic mass is 10.8. The van der Waals surface area contributed by atoms with Crippen LogP contribution in [0.1, 0.15) is 0 Å². The minimum absolute atomic E-state index is 1.53. The fourth-order valence-corrected chi connectivity index (χ4v) is 0. The van der Waals surface area contributed by atoms with E-state index in [1.165, 1.54) is 0 Å². The van der Waals surface area contributed by atoms with Crippen LogP contribution in [0, 0.1) is 0 Å². The molecule has 0 aliphatic carbocycles. The normalized spacial score (nSPS) is 10.6. The smallest absolute Gasteiger partial charge is 0.245 e. The summed E-state index contributed by atoms with van der Waals surface area (Å²) in [6, 6.07) is 0. The molecular formula is C2H3F5O2S. The molecule has 0 aromatic carbocycles. The zero-order valence-corrected chi connectivity index (χ0v) is 5.22. The van der Waals surface area contributed by atoms with Crippen molar-refractivity contribution in [3.8, 4) is 0 Å². The quantitative estimate of drug-likeness (QED) is 0.458. The molecule has 0 heterocycles. The van der Waals surface area contributed by atoms with Gasteiger partial charge in [0.25, 0.3) is 6.43 Å². The van der Waals surface area contributed by atoms with Crippen molar-refractivity contribution in [2.75, 3.05) is 6.67 Å². The van der Waals surface area contributed by atoms with Crippen molar-refractivity contribution in [2.45, 2.75) is 6.43 Å². The van der Waals surface area contributed by atoms with Crippen LogP contribution < -0.4 is 0 Å². The van der Waals surface area contributed by atoms with Crippen molar-refractivity contribution in [1.29, 1.82) is 0 Å². The van der Waals surface area contributed by atoms with Crippen LogP contribution in [-0.4, -0.2) is 21.5 Å². The molecule has 0 saturated heterocycles. The summed E-state index contributed by atoms with van der Waals surface area (Å²) in [5.41, 5.74) is 0. The highest BCUT2D eigenvalue weighted by Gasteiger charge is 1.95. The van der Waals surface area contributed by atoms with Crippen molar-refractivity contribution in [1.82, 2.24) is 0 Å². The summed E-state index contributed by atoms with van der Waals surface area (Å²) in [6.07, 6.45) is -2.78. The van der Waals surface area contributed by atoms with Crippen LogP contribution in [0.4, 0.5) is 20.9 Å². The van der Waals surface area contributed by atoms with E-state index >= 15 is 0 Å². The first-order valence-corrected chi connectivity index (χ1v) is 3.04. The van der Waals surface area contributed by atoms with Crippen LogP contribution in [0.5, 0.6) is 0 Å². The van der Waals surface area contributed by atoms with Crippen molar-refractivity contribution >= 4 is 10.6 Å². The van der Waals surface area contributed by atoms with E-state index in [4.69, 9.17) is 8.42 Å². The van der Waals surface area contributed by atoms with Gasteiger partial charge in [-0.1, -0.05) is 7.77 Å². The number of alkyl halides is 3. The fourth-order valence-electron chi connectivity index (χ4n) is 0. The number of hydrogen-bond acceptors (Lipinski definition) is 2. The molecule has 0 aliphatic heterocycles. The molecule has 0 saturated carbocycles. The van der Waals surface area contributed by atoms with Crippen LogP contribution in [0.15, 0.2) is 0 Å². The average molecular weight is 186 g/mol. The molecule has 0 aromatic rings. The first-order chi connectivity index (χ1) is 4.27. The average Bonchev–Trinajstić information content (AvgIpc) is 1.61.